The summed E-state index contributed by atoms with van der Waals surface area (Å²) in [6, 6.07) is 21.5. The second kappa shape index (κ2) is 7.02. The average molecular weight is 294 g/mol. The molecule has 0 saturated carbocycles. The molecule has 3 aromatic rings. The molecule has 0 fully saturated rings. The fourth-order valence-corrected chi connectivity index (χ4v) is 7.74. The zero-order valence-corrected chi connectivity index (χ0v) is 14.8. The van der Waals surface area contributed by atoms with Crippen LogP contribution >= 0.6 is 23.3 Å². The molecule has 18 heavy (non-hydrogen) atoms. The summed E-state index contributed by atoms with van der Waals surface area (Å²) in [6.07, 6.45) is 0. The quantitative estimate of drug-likeness (QED) is 0.501. The van der Waals surface area contributed by atoms with Gasteiger partial charge in [-0.2, -0.15) is 0 Å². The van der Waals surface area contributed by atoms with E-state index >= 15 is 0 Å². The van der Waals surface area contributed by atoms with Gasteiger partial charge in [-0.05, 0) is 15.4 Å². The summed E-state index contributed by atoms with van der Waals surface area (Å²) in [5.74, 6) is 0. The Morgan fingerprint density at radius 1 is 0.778 bits per heavy atom. The van der Waals surface area contributed by atoms with Crippen LogP contribution in [-0.4, -0.2) is 0 Å². The zero-order chi connectivity index (χ0) is 11.5. The van der Waals surface area contributed by atoms with E-state index < -0.39 is 0 Å². The van der Waals surface area contributed by atoms with E-state index in [0.717, 1.165) is 0 Å². The topological polar surface area (TPSA) is 0 Å². The molecule has 0 saturated heterocycles. The Labute approximate surface area is 134 Å². The number of hydrogen-bond acceptors (Lipinski definition) is 0. The Morgan fingerprint density at radius 2 is 1.39 bits per heavy atom. The van der Waals surface area contributed by atoms with Crippen molar-refractivity contribution in [3.8, 4) is 21.7 Å². The van der Waals surface area contributed by atoms with E-state index in [1.165, 1.54) is 45.0 Å². The first-order valence-corrected chi connectivity index (χ1v) is 9.51. The van der Waals surface area contributed by atoms with Gasteiger partial charge in [-0.15, -0.1) is 29.8 Å². The van der Waals surface area contributed by atoms with Gasteiger partial charge in [-0.1, -0.05) is 60.4 Å². The summed E-state index contributed by atoms with van der Waals surface area (Å²) in [5.41, 5.74) is 2.73. The largest absolute Gasteiger partial charge is 1.00 e. The Bertz CT molecular complexity index is 551. The van der Waals surface area contributed by atoms with E-state index in [1.807, 2.05) is 0 Å². The summed E-state index contributed by atoms with van der Waals surface area (Å²) in [4.78, 5) is 0. The monoisotopic (exact) mass is 294 g/mol. The van der Waals surface area contributed by atoms with Crippen LogP contribution in [0.25, 0.3) is 21.7 Å². The number of rotatable bonds is 2. The number of hydrogen-bond donors (Lipinski definition) is 0. The standard InChI is InChI=1S/C14H10P3.Na/c1-3-7-11(8-4-1)13-14(16-17-15-13)12-9-5-2-6-10-12;/h1-10H;/q-1;+1. The molecular formula is C14H10NaP3. The Morgan fingerprint density at radius 3 is 2.06 bits per heavy atom. The maximum Gasteiger partial charge on any atom is 1.00 e. The third-order valence-electron chi connectivity index (χ3n) is 2.61. The Balaban J connectivity index is 0.00000120. The van der Waals surface area contributed by atoms with Crippen LogP contribution in [0.3, 0.4) is 0 Å². The molecule has 0 radical (unpaired) electrons. The van der Waals surface area contributed by atoms with Crippen molar-refractivity contribution in [1.29, 1.82) is 0 Å². The van der Waals surface area contributed by atoms with E-state index in [2.05, 4.69) is 60.7 Å². The minimum atomic E-state index is 0. The van der Waals surface area contributed by atoms with Crippen molar-refractivity contribution in [1.82, 2.24) is 0 Å². The summed E-state index contributed by atoms with van der Waals surface area (Å²) < 4.78 is 0. The van der Waals surface area contributed by atoms with Crippen LogP contribution in [0, 0.1) is 0 Å². The van der Waals surface area contributed by atoms with Crippen LogP contribution in [0.4, 0.5) is 0 Å². The van der Waals surface area contributed by atoms with Crippen molar-refractivity contribution in [3.05, 3.63) is 60.7 Å². The molecule has 0 spiro atoms. The van der Waals surface area contributed by atoms with Gasteiger partial charge in [-0.25, -0.2) is 0 Å². The van der Waals surface area contributed by atoms with Gasteiger partial charge in [0.25, 0.3) is 0 Å². The van der Waals surface area contributed by atoms with Crippen LogP contribution in [0.2, 0.25) is 0 Å². The molecule has 0 N–H and O–H groups in total. The Kier molecular flexibility index (Phi) is 5.65. The van der Waals surface area contributed by atoms with Gasteiger partial charge in [0.05, 0.1) is 0 Å². The van der Waals surface area contributed by atoms with Crippen molar-refractivity contribution in [2.75, 3.05) is 0 Å². The second-order valence-electron chi connectivity index (χ2n) is 3.72. The van der Waals surface area contributed by atoms with E-state index in [-0.39, 0.29) is 29.6 Å². The molecule has 0 unspecified atom stereocenters. The first kappa shape index (κ1) is 14.5. The molecule has 0 aliphatic heterocycles. The Hall–Kier alpha value is 0.0800. The molecule has 0 aliphatic rings. The van der Waals surface area contributed by atoms with Crippen molar-refractivity contribution in [3.63, 3.8) is 0 Å². The van der Waals surface area contributed by atoms with Crippen molar-refractivity contribution < 1.29 is 29.6 Å². The molecule has 4 heteroatoms. The molecule has 1 aromatic heterocycles. The van der Waals surface area contributed by atoms with Crippen LogP contribution in [0.1, 0.15) is 0 Å². The molecule has 0 nitrogen and oxygen atoms in total. The van der Waals surface area contributed by atoms with Gasteiger partial charge in [0.1, 0.15) is 0 Å². The van der Waals surface area contributed by atoms with E-state index in [1.54, 1.807) is 0 Å². The van der Waals surface area contributed by atoms with Gasteiger partial charge < -0.3 is 0 Å². The van der Waals surface area contributed by atoms with Crippen molar-refractivity contribution >= 4 is 23.3 Å². The smallest absolute Gasteiger partial charge is 0.135 e. The molecule has 0 atom stereocenters. The van der Waals surface area contributed by atoms with Gasteiger partial charge in [-0.3, -0.25) is 0 Å². The molecule has 0 amide bonds. The summed E-state index contributed by atoms with van der Waals surface area (Å²) in [7, 11) is 4.33. The maximum absolute atomic E-state index is 2.21. The molecular weight excluding hydrogens is 284 g/mol. The molecule has 82 valence electrons. The third kappa shape index (κ3) is 3.15. The molecule has 0 bridgehead atoms. The maximum atomic E-state index is 2.21. The molecule has 3 rings (SSSR count). The van der Waals surface area contributed by atoms with Gasteiger partial charge in [0.2, 0.25) is 0 Å². The van der Waals surface area contributed by atoms with Crippen molar-refractivity contribution in [2.45, 2.75) is 0 Å². The molecule has 0 aliphatic carbocycles. The van der Waals surface area contributed by atoms with E-state index in [4.69, 9.17) is 0 Å². The van der Waals surface area contributed by atoms with Crippen LogP contribution < -0.4 is 29.6 Å². The molecule has 2 aromatic carbocycles. The average Bonchev–Trinajstić information content (AvgIpc) is 2.90. The van der Waals surface area contributed by atoms with Crippen LogP contribution in [0.5, 0.6) is 0 Å². The third-order valence-corrected chi connectivity index (χ3v) is 7.67. The predicted octanol–water partition coefficient (Wildman–Crippen LogP) is 3.48. The number of benzene rings is 2. The van der Waals surface area contributed by atoms with Crippen LogP contribution in [-0.2, 0) is 0 Å². The van der Waals surface area contributed by atoms with Gasteiger partial charge in [0.15, 0.2) is 0 Å². The first-order chi connectivity index (χ1) is 8.45. The first-order valence-electron chi connectivity index (χ1n) is 5.42. The summed E-state index contributed by atoms with van der Waals surface area (Å²) in [5, 5.41) is 2.97. The summed E-state index contributed by atoms with van der Waals surface area (Å²) in [6.45, 7) is 0. The van der Waals surface area contributed by atoms with Gasteiger partial charge >= 0.3 is 29.6 Å². The van der Waals surface area contributed by atoms with E-state index in [9.17, 15) is 0 Å². The van der Waals surface area contributed by atoms with Crippen molar-refractivity contribution in [2.24, 2.45) is 0 Å². The SMILES string of the molecule is [Na+].c1ccc(-c2ppp[c-]2-c2ccccc2)cc1. The predicted molar refractivity (Wildman–Crippen MR) is 80.4 cm³/mol. The fraction of sp³-hybridized carbons (Fsp3) is 0. The molecule has 1 heterocycles. The fourth-order valence-electron chi connectivity index (χ4n) is 1.79. The van der Waals surface area contributed by atoms with Gasteiger partial charge in [0, 0.05) is 0 Å². The minimum absolute atomic E-state index is 0. The summed E-state index contributed by atoms with van der Waals surface area (Å²) >= 11 is 0. The zero-order valence-electron chi connectivity index (χ0n) is 10.1. The van der Waals surface area contributed by atoms with E-state index in [0.29, 0.717) is 0 Å². The second-order valence-corrected chi connectivity index (χ2v) is 8.54. The minimum Gasteiger partial charge on any atom is -0.135 e. The normalized spacial score (nSPS) is 11.1. The van der Waals surface area contributed by atoms with Crippen LogP contribution in [0.15, 0.2) is 60.7 Å².